The van der Waals surface area contributed by atoms with Crippen molar-refractivity contribution in [2.24, 2.45) is 0 Å². The second-order valence-electron chi connectivity index (χ2n) is 4.87. The van der Waals surface area contributed by atoms with E-state index in [1.165, 1.54) is 0 Å². The summed E-state index contributed by atoms with van der Waals surface area (Å²) in [4.78, 5) is 40.3. The van der Waals surface area contributed by atoms with E-state index in [0.717, 1.165) is 9.36 Å². The Kier molecular flexibility index (Phi) is 3.36. The molecule has 0 aromatic carbocycles. The second kappa shape index (κ2) is 5.28. The van der Waals surface area contributed by atoms with Crippen molar-refractivity contribution in [3.63, 3.8) is 0 Å². The number of nitro groups is 4. The van der Waals surface area contributed by atoms with Crippen LogP contribution in [0.1, 0.15) is 6.42 Å². The van der Waals surface area contributed by atoms with Crippen molar-refractivity contribution in [1.29, 1.82) is 0 Å². The molecule has 3 rings (SSSR count). The lowest BCUT2D eigenvalue weighted by Gasteiger charge is -1.97. The van der Waals surface area contributed by atoms with Gasteiger partial charge >= 0.3 is 23.0 Å². The molecule has 0 radical (unpaired) electrons. The van der Waals surface area contributed by atoms with Crippen molar-refractivity contribution in [2.45, 2.75) is 19.5 Å². The van der Waals surface area contributed by atoms with E-state index in [2.05, 4.69) is 10.2 Å². The van der Waals surface area contributed by atoms with Gasteiger partial charge in [0.05, 0.1) is 33.1 Å². The predicted octanol–water partition coefficient (Wildman–Crippen LogP) is 0.783. The summed E-state index contributed by atoms with van der Waals surface area (Å²) in [7, 11) is 0. The molecule has 0 amide bonds. The smallest absolute Gasteiger partial charge is 0.358 e. The Hall–Kier alpha value is -3.98. The molecule has 0 bridgehead atoms. The van der Waals surface area contributed by atoms with Crippen LogP contribution in [0.15, 0.2) is 0 Å². The molecule has 25 heavy (non-hydrogen) atoms. The third-order valence-corrected chi connectivity index (χ3v) is 3.49. The van der Waals surface area contributed by atoms with Crippen molar-refractivity contribution < 1.29 is 19.7 Å². The highest BCUT2D eigenvalue weighted by Crippen LogP contribution is 2.45. The topological polar surface area (TPSA) is 208 Å². The van der Waals surface area contributed by atoms with E-state index in [1.54, 1.807) is 0 Å². The highest BCUT2D eigenvalue weighted by atomic mass is 16.6. The number of aryl methyl sites for hydroxylation is 2. The van der Waals surface area contributed by atoms with Gasteiger partial charge in [-0.15, -0.1) is 0 Å². The average molecular weight is 354 g/mol. The normalized spacial score (nSPS) is 12.8. The molecule has 1 aliphatic rings. The monoisotopic (exact) mass is 354 g/mol. The number of hydrogen-bond acceptors (Lipinski definition) is 10. The standard InChI is InChI=1S/C9H6N8O8/c18-14(19)6-4-5-7(15(20)21)9(17(24)25)11-13(5)3-1-2-12(4)10-8(6)16(22)23/h1-3H2. The highest BCUT2D eigenvalue weighted by Gasteiger charge is 2.48. The summed E-state index contributed by atoms with van der Waals surface area (Å²) in [5, 5.41) is 51.8. The minimum absolute atomic E-state index is 0.0156. The van der Waals surface area contributed by atoms with E-state index in [4.69, 9.17) is 0 Å². The SMILES string of the molecule is O=[N+]([O-])c1nn2c(c1[N+](=O)[O-])-c1c([N+](=O)[O-])c([N+](=O)[O-])nn1CCC2. The van der Waals surface area contributed by atoms with Crippen LogP contribution >= 0.6 is 0 Å². The van der Waals surface area contributed by atoms with Gasteiger partial charge in [0, 0.05) is 0 Å². The summed E-state index contributed by atoms with van der Waals surface area (Å²) in [5.41, 5.74) is -3.26. The Bertz CT molecular complexity index is 881. The second-order valence-corrected chi connectivity index (χ2v) is 4.87. The molecule has 2 aromatic heterocycles. The van der Waals surface area contributed by atoms with E-state index < -0.39 is 54.1 Å². The summed E-state index contributed by atoms with van der Waals surface area (Å²) >= 11 is 0. The van der Waals surface area contributed by atoms with E-state index in [-0.39, 0.29) is 19.5 Å². The van der Waals surface area contributed by atoms with Crippen LogP contribution in [0.2, 0.25) is 0 Å². The molecule has 0 saturated heterocycles. The molecular formula is C9H6N8O8. The Balaban J connectivity index is 2.47. The molecule has 0 saturated carbocycles. The zero-order valence-electron chi connectivity index (χ0n) is 12.0. The van der Waals surface area contributed by atoms with Crippen LogP contribution in [0, 0.1) is 40.5 Å². The first-order valence-electron chi connectivity index (χ1n) is 6.53. The number of nitrogens with zero attached hydrogens (tertiary/aromatic N) is 8. The summed E-state index contributed by atoms with van der Waals surface area (Å²) in [6, 6.07) is 0. The first-order valence-corrected chi connectivity index (χ1v) is 6.53. The number of hydrogen-bond donors (Lipinski definition) is 0. The Morgan fingerprint density at radius 2 is 1.04 bits per heavy atom. The molecule has 3 heterocycles. The average Bonchev–Trinajstić information content (AvgIpc) is 3.02. The largest absolute Gasteiger partial charge is 0.468 e. The predicted molar refractivity (Wildman–Crippen MR) is 74.7 cm³/mol. The zero-order valence-corrected chi connectivity index (χ0v) is 12.0. The van der Waals surface area contributed by atoms with Crippen LogP contribution < -0.4 is 0 Å². The molecule has 0 fully saturated rings. The summed E-state index contributed by atoms with van der Waals surface area (Å²) in [6.07, 6.45) is 0.200. The van der Waals surface area contributed by atoms with Crippen LogP contribution in [0.4, 0.5) is 23.0 Å². The van der Waals surface area contributed by atoms with Gasteiger partial charge in [0.1, 0.15) is 0 Å². The molecule has 16 heteroatoms. The maximum atomic E-state index is 11.3. The van der Waals surface area contributed by atoms with Crippen LogP contribution in [0.25, 0.3) is 11.4 Å². The van der Waals surface area contributed by atoms with E-state index in [9.17, 15) is 40.5 Å². The van der Waals surface area contributed by atoms with Crippen LogP contribution in [0.5, 0.6) is 0 Å². The molecule has 0 unspecified atom stereocenters. The van der Waals surface area contributed by atoms with Gasteiger partial charge in [-0.2, -0.15) is 9.36 Å². The van der Waals surface area contributed by atoms with Gasteiger partial charge in [-0.25, -0.2) is 0 Å². The quantitative estimate of drug-likeness (QED) is 0.556. The van der Waals surface area contributed by atoms with Gasteiger partial charge in [-0.3, -0.25) is 20.2 Å². The molecular weight excluding hydrogens is 348 g/mol. The molecule has 130 valence electrons. The fourth-order valence-electron chi connectivity index (χ4n) is 2.62. The summed E-state index contributed by atoms with van der Waals surface area (Å²) in [6.45, 7) is -0.0311. The molecule has 2 aromatic rings. The third-order valence-electron chi connectivity index (χ3n) is 3.49. The van der Waals surface area contributed by atoms with Gasteiger partial charge < -0.3 is 20.2 Å². The van der Waals surface area contributed by atoms with Crippen molar-refractivity contribution in [3.05, 3.63) is 40.5 Å². The van der Waals surface area contributed by atoms with E-state index in [1.807, 2.05) is 0 Å². The van der Waals surface area contributed by atoms with Crippen molar-refractivity contribution >= 4 is 23.0 Å². The third kappa shape index (κ3) is 2.23. The van der Waals surface area contributed by atoms with Crippen LogP contribution in [0.3, 0.4) is 0 Å². The first-order chi connectivity index (χ1) is 11.7. The summed E-state index contributed by atoms with van der Waals surface area (Å²) < 4.78 is 1.74. The lowest BCUT2D eigenvalue weighted by atomic mass is 10.2. The Morgan fingerprint density at radius 1 is 0.680 bits per heavy atom. The maximum Gasteiger partial charge on any atom is 0.468 e. The molecule has 0 spiro atoms. The number of rotatable bonds is 4. The van der Waals surface area contributed by atoms with Gasteiger partial charge in [0.15, 0.2) is 0 Å². The molecule has 0 atom stereocenters. The van der Waals surface area contributed by atoms with Gasteiger partial charge in [0.25, 0.3) is 0 Å². The fraction of sp³-hybridized carbons (Fsp3) is 0.333. The minimum Gasteiger partial charge on any atom is -0.358 e. The van der Waals surface area contributed by atoms with E-state index >= 15 is 0 Å². The van der Waals surface area contributed by atoms with Crippen molar-refractivity contribution in [2.75, 3.05) is 0 Å². The lowest BCUT2D eigenvalue weighted by molar-refractivity contribution is -0.425. The van der Waals surface area contributed by atoms with Crippen LogP contribution in [-0.4, -0.2) is 39.3 Å². The van der Waals surface area contributed by atoms with Crippen molar-refractivity contribution in [1.82, 2.24) is 19.6 Å². The Labute approximate surface area is 134 Å². The number of aromatic nitrogens is 4. The molecule has 0 N–H and O–H groups in total. The minimum atomic E-state index is -1.10. The molecule has 0 aliphatic carbocycles. The molecule has 1 aliphatic heterocycles. The lowest BCUT2D eigenvalue weighted by Crippen LogP contribution is -2.03. The highest BCUT2D eigenvalue weighted by molar-refractivity contribution is 5.82. The maximum absolute atomic E-state index is 11.3. The fourth-order valence-corrected chi connectivity index (χ4v) is 2.62. The zero-order chi connectivity index (χ0) is 18.5. The summed E-state index contributed by atoms with van der Waals surface area (Å²) in [5.74, 6) is -2.21. The Morgan fingerprint density at radius 3 is 1.32 bits per heavy atom. The van der Waals surface area contributed by atoms with Gasteiger partial charge in [0.2, 0.25) is 11.4 Å². The number of fused-ring (bicyclic) bond motifs is 3. The van der Waals surface area contributed by atoms with Crippen molar-refractivity contribution in [3.8, 4) is 11.4 Å². The first kappa shape index (κ1) is 15.9. The van der Waals surface area contributed by atoms with Gasteiger partial charge in [-0.1, -0.05) is 0 Å². The molecule has 16 nitrogen and oxygen atoms in total. The van der Waals surface area contributed by atoms with Crippen LogP contribution in [-0.2, 0) is 13.1 Å². The van der Waals surface area contributed by atoms with Gasteiger partial charge in [-0.05, 0) is 16.3 Å². The van der Waals surface area contributed by atoms with E-state index in [0.29, 0.717) is 0 Å².